The van der Waals surface area contributed by atoms with Crippen molar-refractivity contribution in [3.63, 3.8) is 0 Å². The molecule has 0 radical (unpaired) electrons. The Morgan fingerprint density at radius 2 is 1.64 bits per heavy atom. The standard InChI is InChI=1S/C22H30N4O2/c27-21(25-15-13-24(14-16-25)18-5-1-2-6-18)17-9-11-26(12-10-17)22-23-19-7-3-4-8-20(19)28-22/h3-4,7-8,17-18H,1-2,5-6,9-16H2. The Morgan fingerprint density at radius 1 is 0.929 bits per heavy atom. The second kappa shape index (κ2) is 7.74. The topological polar surface area (TPSA) is 52.8 Å². The van der Waals surface area contributed by atoms with Gasteiger partial charge in [0.15, 0.2) is 5.58 Å². The number of rotatable bonds is 3. The first-order valence-corrected chi connectivity index (χ1v) is 10.9. The second-order valence-corrected chi connectivity index (χ2v) is 8.53. The molecule has 2 aliphatic heterocycles. The Labute approximate surface area is 166 Å². The average molecular weight is 383 g/mol. The van der Waals surface area contributed by atoms with Gasteiger partial charge in [-0.3, -0.25) is 9.69 Å². The Morgan fingerprint density at radius 3 is 2.36 bits per heavy atom. The van der Waals surface area contributed by atoms with Crippen LogP contribution in [0.4, 0.5) is 6.01 Å². The number of benzene rings is 1. The quantitative estimate of drug-likeness (QED) is 0.816. The van der Waals surface area contributed by atoms with Crippen LogP contribution >= 0.6 is 0 Å². The summed E-state index contributed by atoms with van der Waals surface area (Å²) >= 11 is 0. The average Bonchev–Trinajstić information content (AvgIpc) is 3.43. The molecule has 6 heteroatoms. The summed E-state index contributed by atoms with van der Waals surface area (Å²) in [6, 6.07) is 9.34. The van der Waals surface area contributed by atoms with Gasteiger partial charge in [0.25, 0.3) is 6.01 Å². The molecule has 5 rings (SSSR count). The third kappa shape index (κ3) is 3.50. The number of nitrogens with zero attached hydrogens (tertiary/aromatic N) is 4. The van der Waals surface area contributed by atoms with Crippen molar-refractivity contribution in [3.05, 3.63) is 24.3 Å². The molecule has 0 N–H and O–H groups in total. The molecule has 28 heavy (non-hydrogen) atoms. The van der Waals surface area contributed by atoms with Gasteiger partial charge in [0, 0.05) is 51.2 Å². The van der Waals surface area contributed by atoms with Gasteiger partial charge in [0.2, 0.25) is 5.91 Å². The van der Waals surface area contributed by atoms with Crippen molar-refractivity contribution < 1.29 is 9.21 Å². The number of hydrogen-bond acceptors (Lipinski definition) is 5. The van der Waals surface area contributed by atoms with Crippen LogP contribution in [0.1, 0.15) is 38.5 Å². The fourth-order valence-electron chi connectivity index (χ4n) is 5.15. The minimum absolute atomic E-state index is 0.152. The Kier molecular flexibility index (Phi) is 4.97. The summed E-state index contributed by atoms with van der Waals surface area (Å²) in [5.41, 5.74) is 1.73. The second-order valence-electron chi connectivity index (χ2n) is 8.53. The van der Waals surface area contributed by atoms with Crippen LogP contribution in [0.3, 0.4) is 0 Å². The number of carbonyl (C=O) groups excluding carboxylic acids is 1. The highest BCUT2D eigenvalue weighted by molar-refractivity contribution is 5.79. The molecule has 1 aromatic carbocycles. The van der Waals surface area contributed by atoms with E-state index in [1.54, 1.807) is 0 Å². The van der Waals surface area contributed by atoms with Gasteiger partial charge >= 0.3 is 0 Å². The van der Waals surface area contributed by atoms with Crippen LogP contribution in [0.15, 0.2) is 28.7 Å². The number of fused-ring (bicyclic) bond motifs is 1. The maximum absolute atomic E-state index is 13.0. The van der Waals surface area contributed by atoms with Gasteiger partial charge in [-0.05, 0) is 37.8 Å². The fourth-order valence-corrected chi connectivity index (χ4v) is 5.15. The zero-order chi connectivity index (χ0) is 18.9. The van der Waals surface area contributed by atoms with E-state index >= 15 is 0 Å². The van der Waals surface area contributed by atoms with Crippen molar-refractivity contribution in [2.45, 2.75) is 44.6 Å². The molecule has 0 unspecified atom stereocenters. The summed E-state index contributed by atoms with van der Waals surface area (Å²) in [5.74, 6) is 0.516. The molecule has 0 bridgehead atoms. The highest BCUT2D eigenvalue weighted by atomic mass is 16.4. The first-order chi connectivity index (χ1) is 13.8. The van der Waals surface area contributed by atoms with E-state index in [2.05, 4.69) is 19.7 Å². The Hall–Kier alpha value is -2.08. The molecule has 3 aliphatic rings. The number of aromatic nitrogens is 1. The maximum Gasteiger partial charge on any atom is 0.298 e. The lowest BCUT2D eigenvalue weighted by Crippen LogP contribution is -2.53. The predicted molar refractivity (Wildman–Crippen MR) is 109 cm³/mol. The van der Waals surface area contributed by atoms with Gasteiger partial charge in [-0.2, -0.15) is 4.98 Å². The highest BCUT2D eigenvalue weighted by Gasteiger charge is 2.33. The van der Waals surface area contributed by atoms with Gasteiger partial charge in [-0.15, -0.1) is 0 Å². The number of piperazine rings is 1. The molecule has 1 aromatic heterocycles. The van der Waals surface area contributed by atoms with Crippen LogP contribution in [-0.2, 0) is 4.79 Å². The summed E-state index contributed by atoms with van der Waals surface area (Å²) in [6.07, 6.45) is 7.23. The van der Waals surface area contributed by atoms with Crippen molar-refractivity contribution >= 4 is 23.0 Å². The first kappa shape index (κ1) is 18.0. The Bertz CT molecular complexity index is 780. The van der Waals surface area contributed by atoms with Crippen molar-refractivity contribution in [3.8, 4) is 0 Å². The summed E-state index contributed by atoms with van der Waals surface area (Å²) < 4.78 is 5.89. The lowest BCUT2D eigenvalue weighted by Gasteiger charge is -2.40. The van der Waals surface area contributed by atoms with E-state index < -0.39 is 0 Å². The smallest absolute Gasteiger partial charge is 0.298 e. The zero-order valence-electron chi connectivity index (χ0n) is 16.6. The van der Waals surface area contributed by atoms with E-state index in [4.69, 9.17) is 4.42 Å². The third-order valence-corrected chi connectivity index (χ3v) is 6.86. The zero-order valence-corrected chi connectivity index (χ0v) is 16.6. The van der Waals surface area contributed by atoms with Gasteiger partial charge in [0.1, 0.15) is 5.52 Å². The van der Waals surface area contributed by atoms with E-state index in [1.165, 1.54) is 25.7 Å². The van der Waals surface area contributed by atoms with E-state index in [9.17, 15) is 4.79 Å². The SMILES string of the molecule is O=C(C1CCN(c2nc3ccccc3o2)CC1)N1CCN(C2CCCC2)CC1. The van der Waals surface area contributed by atoms with Gasteiger partial charge in [0.05, 0.1) is 0 Å². The molecule has 1 amide bonds. The lowest BCUT2D eigenvalue weighted by atomic mass is 9.95. The van der Waals surface area contributed by atoms with Crippen LogP contribution in [0.2, 0.25) is 0 Å². The number of para-hydroxylation sites is 2. The molecule has 3 fully saturated rings. The summed E-state index contributed by atoms with van der Waals surface area (Å²) in [7, 11) is 0. The molecule has 0 spiro atoms. The van der Waals surface area contributed by atoms with Gasteiger partial charge < -0.3 is 14.2 Å². The Balaban J connectivity index is 1.14. The number of hydrogen-bond donors (Lipinski definition) is 0. The molecule has 1 saturated carbocycles. The van der Waals surface area contributed by atoms with E-state index in [-0.39, 0.29) is 5.92 Å². The van der Waals surface area contributed by atoms with Crippen LogP contribution in [0.5, 0.6) is 0 Å². The van der Waals surface area contributed by atoms with Crippen molar-refractivity contribution in [1.82, 2.24) is 14.8 Å². The molecule has 2 saturated heterocycles. The van der Waals surface area contributed by atoms with Gasteiger partial charge in [-0.25, -0.2) is 0 Å². The van der Waals surface area contributed by atoms with Crippen LogP contribution in [-0.4, -0.2) is 66.0 Å². The summed E-state index contributed by atoms with van der Waals surface area (Å²) in [4.78, 5) is 24.5. The molecular formula is C22H30N4O2. The number of piperidine rings is 1. The lowest BCUT2D eigenvalue weighted by molar-refractivity contribution is -0.138. The van der Waals surface area contributed by atoms with Crippen LogP contribution in [0, 0.1) is 5.92 Å². The minimum Gasteiger partial charge on any atom is -0.423 e. The van der Waals surface area contributed by atoms with E-state index in [0.29, 0.717) is 11.9 Å². The minimum atomic E-state index is 0.152. The highest BCUT2D eigenvalue weighted by Crippen LogP contribution is 2.28. The summed E-state index contributed by atoms with van der Waals surface area (Å²) in [5, 5.41) is 0. The molecule has 3 heterocycles. The van der Waals surface area contributed by atoms with Crippen LogP contribution in [0.25, 0.3) is 11.1 Å². The molecule has 6 nitrogen and oxygen atoms in total. The summed E-state index contributed by atoms with van der Waals surface area (Å²) in [6.45, 7) is 5.59. The molecular weight excluding hydrogens is 352 g/mol. The van der Waals surface area contributed by atoms with Crippen molar-refractivity contribution in [2.24, 2.45) is 5.92 Å². The van der Waals surface area contributed by atoms with Gasteiger partial charge in [-0.1, -0.05) is 25.0 Å². The fraction of sp³-hybridized carbons (Fsp3) is 0.636. The molecule has 150 valence electrons. The van der Waals surface area contributed by atoms with Crippen molar-refractivity contribution in [2.75, 3.05) is 44.2 Å². The number of anilines is 1. The largest absolute Gasteiger partial charge is 0.423 e. The van der Waals surface area contributed by atoms with Crippen molar-refractivity contribution in [1.29, 1.82) is 0 Å². The normalized spacial score (nSPS) is 23.0. The number of amides is 1. The molecule has 1 aliphatic carbocycles. The molecule has 0 atom stereocenters. The van der Waals surface area contributed by atoms with E-state index in [0.717, 1.165) is 69.3 Å². The molecule has 2 aromatic rings. The third-order valence-electron chi connectivity index (χ3n) is 6.86. The monoisotopic (exact) mass is 382 g/mol. The van der Waals surface area contributed by atoms with E-state index in [1.807, 2.05) is 24.3 Å². The maximum atomic E-state index is 13.0. The number of carbonyl (C=O) groups is 1. The number of oxazole rings is 1. The van der Waals surface area contributed by atoms with Crippen LogP contribution < -0.4 is 4.90 Å². The first-order valence-electron chi connectivity index (χ1n) is 10.9. The predicted octanol–water partition coefficient (Wildman–Crippen LogP) is 3.13.